The number of thioether (sulfide) groups is 1. The van der Waals surface area contributed by atoms with Gasteiger partial charge in [0, 0.05) is 10.5 Å². The summed E-state index contributed by atoms with van der Waals surface area (Å²) in [4.78, 5) is 0. The Labute approximate surface area is 232 Å². The smallest absolute Gasteiger partial charge is 0.0720 e. The van der Waals surface area contributed by atoms with Crippen molar-refractivity contribution in [1.29, 1.82) is 0 Å². The first kappa shape index (κ1) is 26.7. The van der Waals surface area contributed by atoms with E-state index in [1.165, 1.54) is 33.4 Å². The minimum absolute atomic E-state index is 0.219. The van der Waals surface area contributed by atoms with Crippen molar-refractivity contribution in [2.45, 2.75) is 62.4 Å². The van der Waals surface area contributed by atoms with Crippen LogP contribution in [0.5, 0.6) is 0 Å². The van der Waals surface area contributed by atoms with Crippen molar-refractivity contribution >= 4 is 11.8 Å². The summed E-state index contributed by atoms with van der Waals surface area (Å²) >= 11 is 2.06. The van der Waals surface area contributed by atoms with Gasteiger partial charge in [0.2, 0.25) is 0 Å². The Morgan fingerprint density at radius 2 is 1.32 bits per heavy atom. The van der Waals surface area contributed by atoms with Crippen LogP contribution in [0.3, 0.4) is 0 Å². The van der Waals surface area contributed by atoms with E-state index < -0.39 is 0 Å². The minimum Gasteiger partial charge on any atom is -0.376 e. The van der Waals surface area contributed by atoms with E-state index >= 15 is 0 Å². The van der Waals surface area contributed by atoms with Gasteiger partial charge in [-0.1, -0.05) is 116 Å². The molecule has 4 aromatic carbocycles. The van der Waals surface area contributed by atoms with Gasteiger partial charge in [0.25, 0.3) is 0 Å². The molecule has 0 amide bonds. The monoisotopic (exact) mass is 522 g/mol. The van der Waals surface area contributed by atoms with Crippen molar-refractivity contribution in [2.75, 3.05) is 6.61 Å². The summed E-state index contributed by atoms with van der Waals surface area (Å²) in [6, 6.07) is 39.2. The van der Waals surface area contributed by atoms with Crippen LogP contribution in [-0.2, 0) is 35.5 Å². The molecule has 4 aromatic rings. The fourth-order valence-electron chi connectivity index (χ4n) is 5.13. The largest absolute Gasteiger partial charge is 0.376 e. The van der Waals surface area contributed by atoms with Crippen LogP contribution in [-0.4, -0.2) is 18.0 Å². The van der Waals surface area contributed by atoms with E-state index in [0.717, 1.165) is 32.3 Å². The third-order valence-corrected chi connectivity index (χ3v) is 8.77. The van der Waals surface area contributed by atoms with Gasteiger partial charge in [-0.15, -0.1) is 11.8 Å². The Balaban J connectivity index is 1.26. The molecular formula is C35H38O2S. The molecule has 3 heteroatoms. The lowest BCUT2D eigenvalue weighted by Crippen LogP contribution is -2.30. The molecule has 5 rings (SSSR count). The zero-order valence-electron chi connectivity index (χ0n) is 22.3. The molecule has 1 aliphatic heterocycles. The second-order valence-corrected chi connectivity index (χ2v) is 11.7. The number of hydrogen-bond acceptors (Lipinski definition) is 3. The molecule has 0 aliphatic carbocycles. The van der Waals surface area contributed by atoms with E-state index in [-0.39, 0.29) is 6.10 Å². The van der Waals surface area contributed by atoms with Gasteiger partial charge in [0.05, 0.1) is 25.9 Å². The van der Waals surface area contributed by atoms with Crippen LogP contribution >= 0.6 is 11.8 Å². The summed E-state index contributed by atoms with van der Waals surface area (Å²) in [6.07, 6.45) is 4.32. The lowest BCUT2D eigenvalue weighted by atomic mass is 9.97. The Kier molecular flexibility index (Phi) is 9.71. The van der Waals surface area contributed by atoms with E-state index in [9.17, 15) is 0 Å². The minimum atomic E-state index is 0.219. The lowest BCUT2D eigenvalue weighted by molar-refractivity contribution is 0.0180. The van der Waals surface area contributed by atoms with Crippen molar-refractivity contribution < 1.29 is 9.47 Å². The van der Waals surface area contributed by atoms with Crippen molar-refractivity contribution in [3.63, 3.8) is 0 Å². The van der Waals surface area contributed by atoms with Crippen LogP contribution < -0.4 is 0 Å². The second-order valence-electron chi connectivity index (χ2n) is 10.2. The van der Waals surface area contributed by atoms with Gasteiger partial charge in [-0.25, -0.2) is 0 Å². The highest BCUT2D eigenvalue weighted by Crippen LogP contribution is 2.44. The summed E-state index contributed by atoms with van der Waals surface area (Å²) in [7, 11) is 0. The van der Waals surface area contributed by atoms with E-state index in [0.29, 0.717) is 23.7 Å². The fraction of sp³-hybridized carbons (Fsp3) is 0.314. The number of ether oxygens (including phenoxy) is 2. The van der Waals surface area contributed by atoms with E-state index in [4.69, 9.17) is 9.47 Å². The summed E-state index contributed by atoms with van der Waals surface area (Å²) in [6.45, 7) is 4.26. The molecule has 0 saturated carbocycles. The van der Waals surface area contributed by atoms with Crippen molar-refractivity contribution in [3.8, 4) is 0 Å². The SMILES string of the molecule is CCc1ccc(Cc2cccc([C@H]3C[C@@H](OCc4ccccc4)C[C@@H](COCc4ccccc4)S3)c2)cc1. The first-order valence-corrected chi connectivity index (χ1v) is 14.8. The molecule has 2 nitrogen and oxygen atoms in total. The topological polar surface area (TPSA) is 18.5 Å². The second kappa shape index (κ2) is 13.8. The predicted molar refractivity (Wildman–Crippen MR) is 160 cm³/mol. The van der Waals surface area contributed by atoms with Crippen molar-refractivity contribution in [3.05, 3.63) is 143 Å². The van der Waals surface area contributed by atoms with Crippen LogP contribution in [0.15, 0.2) is 109 Å². The third-order valence-electron chi connectivity index (χ3n) is 7.27. The van der Waals surface area contributed by atoms with Gasteiger partial charge in [-0.05, 0) is 59.1 Å². The van der Waals surface area contributed by atoms with Gasteiger partial charge in [0.1, 0.15) is 0 Å². The third kappa shape index (κ3) is 7.83. The Morgan fingerprint density at radius 1 is 0.658 bits per heavy atom. The van der Waals surface area contributed by atoms with Crippen LogP contribution in [0.1, 0.15) is 58.4 Å². The van der Waals surface area contributed by atoms with Crippen molar-refractivity contribution in [1.82, 2.24) is 0 Å². The number of hydrogen-bond donors (Lipinski definition) is 0. The molecule has 0 bridgehead atoms. The average Bonchev–Trinajstić information content (AvgIpc) is 2.98. The van der Waals surface area contributed by atoms with Gasteiger partial charge in [-0.2, -0.15) is 0 Å². The average molecular weight is 523 g/mol. The van der Waals surface area contributed by atoms with E-state index in [1.807, 2.05) is 6.07 Å². The number of benzene rings is 4. The van der Waals surface area contributed by atoms with Crippen LogP contribution in [0.25, 0.3) is 0 Å². The van der Waals surface area contributed by atoms with E-state index in [2.05, 4.69) is 122 Å². The summed E-state index contributed by atoms with van der Waals surface area (Å²) in [5.41, 5.74) is 7.99. The molecule has 1 fully saturated rings. The highest BCUT2D eigenvalue weighted by atomic mass is 32.2. The molecule has 0 N–H and O–H groups in total. The molecule has 0 spiro atoms. The van der Waals surface area contributed by atoms with Gasteiger partial charge < -0.3 is 9.47 Å². The summed E-state index contributed by atoms with van der Waals surface area (Å²) in [5.74, 6) is 0. The molecular weight excluding hydrogens is 484 g/mol. The first-order valence-electron chi connectivity index (χ1n) is 13.8. The standard InChI is InChI=1S/C35H38O2S/c1-2-27-16-18-28(19-17-27)20-31-14-9-15-32(21-31)35-23-33(37-25-30-12-7-4-8-13-30)22-34(38-35)26-36-24-29-10-5-3-6-11-29/h3-19,21,33-35H,2,20,22-26H2,1H3/t33-,34-,35+/m0/s1. The van der Waals surface area contributed by atoms with Crippen LogP contribution in [0.2, 0.25) is 0 Å². The zero-order chi connectivity index (χ0) is 26.0. The quantitative estimate of drug-likeness (QED) is 0.196. The maximum Gasteiger partial charge on any atom is 0.0720 e. The van der Waals surface area contributed by atoms with Gasteiger partial charge in [0.15, 0.2) is 0 Å². The predicted octanol–water partition coefficient (Wildman–Crippen LogP) is 8.58. The molecule has 3 atom stereocenters. The first-order chi connectivity index (χ1) is 18.7. The molecule has 1 heterocycles. The highest BCUT2D eigenvalue weighted by molar-refractivity contribution is 8.00. The number of aryl methyl sites for hydroxylation is 1. The summed E-state index contributed by atoms with van der Waals surface area (Å²) in [5, 5.41) is 0.806. The normalized spacial score (nSPS) is 19.3. The Bertz CT molecular complexity index is 1240. The lowest BCUT2D eigenvalue weighted by Gasteiger charge is -2.35. The van der Waals surface area contributed by atoms with E-state index in [1.54, 1.807) is 0 Å². The maximum atomic E-state index is 6.49. The van der Waals surface area contributed by atoms with Crippen LogP contribution in [0, 0.1) is 0 Å². The molecule has 0 unspecified atom stereocenters. The molecule has 1 saturated heterocycles. The highest BCUT2D eigenvalue weighted by Gasteiger charge is 2.31. The van der Waals surface area contributed by atoms with Gasteiger partial charge in [-0.3, -0.25) is 0 Å². The fourth-order valence-corrected chi connectivity index (χ4v) is 6.73. The number of rotatable bonds is 11. The molecule has 38 heavy (non-hydrogen) atoms. The summed E-state index contributed by atoms with van der Waals surface area (Å²) < 4.78 is 12.7. The van der Waals surface area contributed by atoms with Gasteiger partial charge >= 0.3 is 0 Å². The Morgan fingerprint density at radius 3 is 2.03 bits per heavy atom. The van der Waals surface area contributed by atoms with Crippen molar-refractivity contribution in [2.24, 2.45) is 0 Å². The molecule has 1 aliphatic rings. The Hall–Kier alpha value is -2.85. The maximum absolute atomic E-state index is 6.49. The zero-order valence-corrected chi connectivity index (χ0v) is 23.1. The molecule has 196 valence electrons. The molecule has 0 aromatic heterocycles. The molecule has 0 radical (unpaired) electrons. The van der Waals surface area contributed by atoms with Crippen LogP contribution in [0.4, 0.5) is 0 Å².